The number of nitrogens with one attached hydrogen (secondary N) is 1. The van der Waals surface area contributed by atoms with Crippen molar-refractivity contribution in [2.24, 2.45) is 0 Å². The molecule has 0 aliphatic heterocycles. The Labute approximate surface area is 133 Å². The van der Waals surface area contributed by atoms with Gasteiger partial charge in [0.1, 0.15) is 0 Å². The summed E-state index contributed by atoms with van der Waals surface area (Å²) in [5.74, 6) is 0. The van der Waals surface area contributed by atoms with Crippen LogP contribution in [0, 0.1) is 0 Å². The van der Waals surface area contributed by atoms with Crippen LogP contribution in [-0.2, 0) is 0 Å². The number of nitrogens with zero attached hydrogens (tertiary/aromatic N) is 1. The standard InChI is InChI=1S/C17H14Cl2N2/c1-20-17(11-5-6-15(18)16(19)9-11)14-4-2-3-12-10-21-8-7-13(12)14/h2-10,17,20H,1H3. The molecule has 3 rings (SSSR count). The first-order valence-electron chi connectivity index (χ1n) is 6.65. The van der Waals surface area contributed by atoms with Crippen molar-refractivity contribution in [3.05, 3.63) is 76.0 Å². The molecule has 0 radical (unpaired) electrons. The highest BCUT2D eigenvalue weighted by molar-refractivity contribution is 6.42. The highest BCUT2D eigenvalue weighted by Crippen LogP contribution is 2.31. The SMILES string of the molecule is CNC(c1ccc(Cl)c(Cl)c1)c1cccc2cnccc12. The first-order chi connectivity index (χ1) is 10.2. The van der Waals surface area contributed by atoms with Crippen LogP contribution < -0.4 is 5.32 Å². The van der Waals surface area contributed by atoms with E-state index >= 15 is 0 Å². The average molecular weight is 317 g/mol. The van der Waals surface area contributed by atoms with E-state index in [-0.39, 0.29) is 6.04 Å². The number of halogens is 2. The molecule has 2 aromatic carbocycles. The zero-order valence-corrected chi connectivity index (χ0v) is 13.0. The maximum Gasteiger partial charge on any atom is 0.0595 e. The lowest BCUT2D eigenvalue weighted by molar-refractivity contribution is 0.697. The van der Waals surface area contributed by atoms with E-state index in [1.807, 2.05) is 49.8 Å². The van der Waals surface area contributed by atoms with Crippen LogP contribution in [0.4, 0.5) is 0 Å². The van der Waals surface area contributed by atoms with Gasteiger partial charge in [-0.25, -0.2) is 0 Å². The third-order valence-electron chi connectivity index (χ3n) is 3.59. The topological polar surface area (TPSA) is 24.9 Å². The van der Waals surface area contributed by atoms with Crippen molar-refractivity contribution in [1.82, 2.24) is 10.3 Å². The lowest BCUT2D eigenvalue weighted by Crippen LogP contribution is -2.18. The number of aromatic nitrogens is 1. The molecule has 3 aromatic rings. The van der Waals surface area contributed by atoms with E-state index in [1.54, 1.807) is 0 Å². The Hall–Kier alpha value is -1.61. The van der Waals surface area contributed by atoms with Gasteiger partial charge in [0.05, 0.1) is 16.1 Å². The van der Waals surface area contributed by atoms with Gasteiger partial charge >= 0.3 is 0 Å². The molecule has 1 atom stereocenters. The van der Waals surface area contributed by atoms with Crippen molar-refractivity contribution < 1.29 is 0 Å². The van der Waals surface area contributed by atoms with Crippen molar-refractivity contribution in [3.8, 4) is 0 Å². The number of fused-ring (bicyclic) bond motifs is 1. The predicted octanol–water partition coefficient (Wildman–Crippen LogP) is 4.85. The van der Waals surface area contributed by atoms with Gasteiger partial charge in [0.15, 0.2) is 0 Å². The molecule has 0 fully saturated rings. The van der Waals surface area contributed by atoms with Gasteiger partial charge in [0.25, 0.3) is 0 Å². The molecule has 0 spiro atoms. The summed E-state index contributed by atoms with van der Waals surface area (Å²) in [7, 11) is 1.94. The Balaban J connectivity index is 2.16. The lowest BCUT2D eigenvalue weighted by atomic mass is 9.94. The Morgan fingerprint density at radius 2 is 1.90 bits per heavy atom. The van der Waals surface area contributed by atoms with Crippen molar-refractivity contribution in [2.45, 2.75) is 6.04 Å². The van der Waals surface area contributed by atoms with Gasteiger partial charge in [-0.05, 0) is 41.8 Å². The number of pyridine rings is 1. The first-order valence-corrected chi connectivity index (χ1v) is 7.41. The monoisotopic (exact) mass is 316 g/mol. The van der Waals surface area contributed by atoms with Crippen LogP contribution in [0.2, 0.25) is 10.0 Å². The molecule has 1 unspecified atom stereocenters. The van der Waals surface area contributed by atoms with Crippen LogP contribution in [0.15, 0.2) is 54.9 Å². The van der Waals surface area contributed by atoms with Gasteiger partial charge in [-0.1, -0.05) is 47.5 Å². The van der Waals surface area contributed by atoms with Gasteiger partial charge in [-0.15, -0.1) is 0 Å². The third kappa shape index (κ3) is 2.75. The highest BCUT2D eigenvalue weighted by Gasteiger charge is 2.15. The van der Waals surface area contributed by atoms with Gasteiger partial charge in [0, 0.05) is 17.8 Å². The van der Waals surface area contributed by atoms with Crippen molar-refractivity contribution >= 4 is 34.0 Å². The zero-order valence-electron chi connectivity index (χ0n) is 11.5. The Bertz CT molecular complexity index is 781. The van der Waals surface area contributed by atoms with E-state index in [0.29, 0.717) is 10.0 Å². The van der Waals surface area contributed by atoms with Gasteiger partial charge in [-0.2, -0.15) is 0 Å². The predicted molar refractivity (Wildman–Crippen MR) is 89.1 cm³/mol. The normalized spacial score (nSPS) is 12.5. The van der Waals surface area contributed by atoms with E-state index in [1.165, 1.54) is 10.9 Å². The molecule has 1 heterocycles. The fourth-order valence-electron chi connectivity index (χ4n) is 2.59. The average Bonchev–Trinajstić information content (AvgIpc) is 2.52. The van der Waals surface area contributed by atoms with Crippen LogP contribution in [0.3, 0.4) is 0 Å². The largest absolute Gasteiger partial charge is 0.309 e. The van der Waals surface area contributed by atoms with E-state index in [0.717, 1.165) is 10.9 Å². The second-order valence-electron chi connectivity index (χ2n) is 4.84. The Kier molecular flexibility index (Phi) is 4.11. The summed E-state index contributed by atoms with van der Waals surface area (Å²) in [5.41, 5.74) is 2.27. The minimum absolute atomic E-state index is 0.0471. The zero-order chi connectivity index (χ0) is 14.8. The second kappa shape index (κ2) is 6.02. The second-order valence-corrected chi connectivity index (χ2v) is 5.65. The van der Waals surface area contributed by atoms with E-state index in [4.69, 9.17) is 23.2 Å². The smallest absolute Gasteiger partial charge is 0.0595 e. The molecule has 0 aliphatic rings. The fourth-order valence-corrected chi connectivity index (χ4v) is 2.90. The van der Waals surface area contributed by atoms with Crippen LogP contribution in [0.5, 0.6) is 0 Å². The summed E-state index contributed by atoms with van der Waals surface area (Å²) in [5, 5.41) is 6.78. The lowest BCUT2D eigenvalue weighted by Gasteiger charge is -2.19. The Morgan fingerprint density at radius 3 is 2.67 bits per heavy atom. The quantitative estimate of drug-likeness (QED) is 0.747. The first kappa shape index (κ1) is 14.3. The molecule has 1 aromatic heterocycles. The molecule has 0 saturated carbocycles. The number of benzene rings is 2. The third-order valence-corrected chi connectivity index (χ3v) is 4.33. The molecular weight excluding hydrogens is 303 g/mol. The van der Waals surface area contributed by atoms with Gasteiger partial charge < -0.3 is 5.32 Å². The number of hydrogen-bond donors (Lipinski definition) is 1. The van der Waals surface area contributed by atoms with E-state index in [9.17, 15) is 0 Å². The molecule has 0 amide bonds. The maximum atomic E-state index is 6.15. The molecule has 21 heavy (non-hydrogen) atoms. The molecule has 1 N–H and O–H groups in total. The fraction of sp³-hybridized carbons (Fsp3) is 0.118. The highest BCUT2D eigenvalue weighted by atomic mass is 35.5. The van der Waals surface area contributed by atoms with Gasteiger partial charge in [-0.3, -0.25) is 4.98 Å². The maximum absolute atomic E-state index is 6.15. The minimum atomic E-state index is 0.0471. The van der Waals surface area contributed by atoms with Crippen molar-refractivity contribution in [2.75, 3.05) is 7.05 Å². The summed E-state index contributed by atoms with van der Waals surface area (Å²) in [4.78, 5) is 4.18. The molecule has 0 aliphatic carbocycles. The van der Waals surface area contributed by atoms with Crippen LogP contribution in [0.1, 0.15) is 17.2 Å². The molecular formula is C17H14Cl2N2. The summed E-state index contributed by atoms with van der Waals surface area (Å²) in [6.07, 6.45) is 3.69. The summed E-state index contributed by atoms with van der Waals surface area (Å²) in [6.45, 7) is 0. The summed E-state index contributed by atoms with van der Waals surface area (Å²) >= 11 is 12.2. The van der Waals surface area contributed by atoms with Crippen LogP contribution in [-0.4, -0.2) is 12.0 Å². The van der Waals surface area contributed by atoms with Crippen LogP contribution in [0.25, 0.3) is 10.8 Å². The Morgan fingerprint density at radius 1 is 1.05 bits per heavy atom. The molecule has 0 bridgehead atoms. The van der Waals surface area contributed by atoms with E-state index in [2.05, 4.69) is 22.4 Å². The van der Waals surface area contributed by atoms with E-state index < -0.39 is 0 Å². The van der Waals surface area contributed by atoms with Crippen molar-refractivity contribution in [1.29, 1.82) is 0 Å². The number of hydrogen-bond acceptors (Lipinski definition) is 2. The molecule has 0 saturated heterocycles. The van der Waals surface area contributed by atoms with Gasteiger partial charge in [0.2, 0.25) is 0 Å². The number of rotatable bonds is 3. The molecule has 4 heteroatoms. The molecule has 2 nitrogen and oxygen atoms in total. The van der Waals surface area contributed by atoms with Crippen LogP contribution >= 0.6 is 23.2 Å². The minimum Gasteiger partial charge on any atom is -0.309 e. The van der Waals surface area contributed by atoms with Crippen molar-refractivity contribution in [3.63, 3.8) is 0 Å². The molecule has 106 valence electrons. The summed E-state index contributed by atoms with van der Waals surface area (Å²) < 4.78 is 0. The summed E-state index contributed by atoms with van der Waals surface area (Å²) in [6, 6.07) is 14.0.